The van der Waals surface area contributed by atoms with Gasteiger partial charge in [-0.15, -0.1) is 0 Å². The number of rotatable bonds is 1. The zero-order chi connectivity index (χ0) is 11.7. The van der Waals surface area contributed by atoms with Gasteiger partial charge < -0.3 is 0 Å². The van der Waals surface area contributed by atoms with Crippen LogP contribution in [0.15, 0.2) is 30.5 Å². The molecule has 88 valence electrons. The molecule has 1 aromatic carbocycles. The minimum Gasteiger partial charge on any atom is -0.260 e. The van der Waals surface area contributed by atoms with E-state index in [4.69, 9.17) is 11.6 Å². The van der Waals surface area contributed by atoms with Crippen LogP contribution >= 0.6 is 11.6 Å². The number of hydrogen-bond acceptors (Lipinski definition) is 1. The predicted molar refractivity (Wildman–Crippen MR) is 72.6 cm³/mol. The highest BCUT2D eigenvalue weighted by Crippen LogP contribution is 2.36. The van der Waals surface area contributed by atoms with Gasteiger partial charge >= 0.3 is 0 Å². The van der Waals surface area contributed by atoms with Crippen molar-refractivity contribution in [1.29, 1.82) is 0 Å². The maximum absolute atomic E-state index is 6.24. The number of aromatic nitrogens is 1. The summed E-state index contributed by atoms with van der Waals surface area (Å²) >= 11 is 6.24. The Hall–Kier alpha value is -1.08. The van der Waals surface area contributed by atoms with Crippen LogP contribution in [-0.2, 0) is 0 Å². The minimum atomic E-state index is 0.630. The van der Waals surface area contributed by atoms with Crippen LogP contribution in [0.5, 0.6) is 0 Å². The summed E-state index contributed by atoms with van der Waals surface area (Å²) in [4.78, 5) is 4.61. The van der Waals surface area contributed by atoms with Gasteiger partial charge in [-0.1, -0.05) is 43.0 Å². The molecule has 0 amide bonds. The van der Waals surface area contributed by atoms with Crippen molar-refractivity contribution < 1.29 is 0 Å². The van der Waals surface area contributed by atoms with Gasteiger partial charge in [0.1, 0.15) is 0 Å². The summed E-state index contributed by atoms with van der Waals surface area (Å²) in [5, 5.41) is 3.22. The lowest BCUT2D eigenvalue weighted by atomic mass is 9.85. The Morgan fingerprint density at radius 1 is 1.00 bits per heavy atom. The SMILES string of the molecule is Clc1cccc2c(C3CCCCC3)nccc12. The van der Waals surface area contributed by atoms with Gasteiger partial charge in [-0.05, 0) is 25.0 Å². The fourth-order valence-electron chi connectivity index (χ4n) is 2.89. The fourth-order valence-corrected chi connectivity index (χ4v) is 3.13. The summed E-state index contributed by atoms with van der Waals surface area (Å²) in [6, 6.07) is 8.15. The molecule has 1 aliphatic rings. The second-order valence-electron chi connectivity index (χ2n) is 4.87. The van der Waals surface area contributed by atoms with Gasteiger partial charge in [0.15, 0.2) is 0 Å². The Morgan fingerprint density at radius 2 is 1.82 bits per heavy atom. The molecule has 3 rings (SSSR count). The molecule has 0 N–H and O–H groups in total. The van der Waals surface area contributed by atoms with Gasteiger partial charge in [0.25, 0.3) is 0 Å². The van der Waals surface area contributed by atoms with Crippen molar-refractivity contribution in [3.8, 4) is 0 Å². The molecule has 0 radical (unpaired) electrons. The summed E-state index contributed by atoms with van der Waals surface area (Å²) < 4.78 is 0. The highest BCUT2D eigenvalue weighted by atomic mass is 35.5. The maximum Gasteiger partial charge on any atom is 0.0513 e. The first-order valence-corrected chi connectivity index (χ1v) is 6.77. The summed E-state index contributed by atoms with van der Waals surface area (Å²) in [5.41, 5.74) is 1.25. The Morgan fingerprint density at radius 3 is 2.65 bits per heavy atom. The highest BCUT2D eigenvalue weighted by Gasteiger charge is 2.19. The second-order valence-corrected chi connectivity index (χ2v) is 5.27. The monoisotopic (exact) mass is 245 g/mol. The number of hydrogen-bond donors (Lipinski definition) is 0. The lowest BCUT2D eigenvalue weighted by Crippen LogP contribution is -2.06. The zero-order valence-corrected chi connectivity index (χ0v) is 10.6. The van der Waals surface area contributed by atoms with Gasteiger partial charge in [0.2, 0.25) is 0 Å². The standard InChI is InChI=1S/C15H16ClN/c16-14-8-4-7-13-12(14)9-10-17-15(13)11-5-2-1-3-6-11/h4,7-11H,1-3,5-6H2. The topological polar surface area (TPSA) is 12.9 Å². The number of halogens is 1. The Kier molecular flexibility index (Phi) is 3.02. The minimum absolute atomic E-state index is 0.630. The van der Waals surface area contributed by atoms with Gasteiger partial charge in [0.05, 0.1) is 5.69 Å². The number of benzene rings is 1. The molecule has 17 heavy (non-hydrogen) atoms. The summed E-state index contributed by atoms with van der Waals surface area (Å²) in [7, 11) is 0. The molecule has 1 aromatic heterocycles. The van der Waals surface area contributed by atoms with Crippen molar-refractivity contribution in [3.05, 3.63) is 41.2 Å². The summed E-state index contributed by atoms with van der Waals surface area (Å²) in [5.74, 6) is 0.630. The van der Waals surface area contributed by atoms with Crippen LogP contribution < -0.4 is 0 Å². The van der Waals surface area contributed by atoms with Gasteiger partial charge in [-0.3, -0.25) is 4.98 Å². The van der Waals surface area contributed by atoms with Gasteiger partial charge in [0, 0.05) is 27.9 Å². The van der Waals surface area contributed by atoms with Crippen LogP contribution in [0.2, 0.25) is 5.02 Å². The van der Waals surface area contributed by atoms with E-state index in [1.165, 1.54) is 43.2 Å². The lowest BCUT2D eigenvalue weighted by molar-refractivity contribution is 0.439. The van der Waals surface area contributed by atoms with E-state index in [0.717, 1.165) is 10.4 Å². The Labute approximate surface area is 107 Å². The molecule has 1 aliphatic carbocycles. The molecule has 2 aromatic rings. The molecule has 0 saturated heterocycles. The third-order valence-electron chi connectivity index (χ3n) is 3.78. The molecule has 0 bridgehead atoms. The quantitative estimate of drug-likeness (QED) is 0.694. The van der Waals surface area contributed by atoms with Crippen LogP contribution in [0, 0.1) is 0 Å². The van der Waals surface area contributed by atoms with Crippen molar-refractivity contribution in [2.24, 2.45) is 0 Å². The molecular weight excluding hydrogens is 230 g/mol. The Bertz CT molecular complexity index is 529. The lowest BCUT2D eigenvalue weighted by Gasteiger charge is -2.22. The van der Waals surface area contributed by atoms with Crippen molar-refractivity contribution >= 4 is 22.4 Å². The molecule has 1 fully saturated rings. The Balaban J connectivity index is 2.12. The molecule has 2 heteroatoms. The molecular formula is C15H16ClN. The summed E-state index contributed by atoms with van der Waals surface area (Å²) in [6.07, 6.45) is 8.50. The first kappa shape index (κ1) is 11.0. The zero-order valence-electron chi connectivity index (χ0n) is 9.82. The first-order chi connectivity index (χ1) is 8.36. The average Bonchev–Trinajstić information content (AvgIpc) is 2.40. The van der Waals surface area contributed by atoms with Gasteiger partial charge in [-0.2, -0.15) is 0 Å². The van der Waals surface area contributed by atoms with Crippen LogP contribution in [0.4, 0.5) is 0 Å². The van der Waals surface area contributed by atoms with E-state index in [1.54, 1.807) is 0 Å². The van der Waals surface area contributed by atoms with E-state index >= 15 is 0 Å². The largest absolute Gasteiger partial charge is 0.260 e. The van der Waals surface area contributed by atoms with E-state index in [2.05, 4.69) is 11.1 Å². The van der Waals surface area contributed by atoms with Crippen LogP contribution in [0.3, 0.4) is 0 Å². The molecule has 1 saturated carbocycles. The van der Waals surface area contributed by atoms with Crippen LogP contribution in [-0.4, -0.2) is 4.98 Å². The third-order valence-corrected chi connectivity index (χ3v) is 4.11. The smallest absolute Gasteiger partial charge is 0.0513 e. The van der Waals surface area contributed by atoms with Crippen molar-refractivity contribution in [2.45, 2.75) is 38.0 Å². The maximum atomic E-state index is 6.24. The van der Waals surface area contributed by atoms with Crippen LogP contribution in [0.1, 0.15) is 43.7 Å². The molecule has 0 spiro atoms. The first-order valence-electron chi connectivity index (χ1n) is 6.39. The highest BCUT2D eigenvalue weighted by molar-refractivity contribution is 6.35. The van der Waals surface area contributed by atoms with E-state index < -0.39 is 0 Å². The fraction of sp³-hybridized carbons (Fsp3) is 0.400. The molecule has 0 aliphatic heterocycles. The molecule has 0 unspecified atom stereocenters. The van der Waals surface area contributed by atoms with Crippen molar-refractivity contribution in [3.63, 3.8) is 0 Å². The number of pyridine rings is 1. The van der Waals surface area contributed by atoms with Crippen molar-refractivity contribution in [2.75, 3.05) is 0 Å². The van der Waals surface area contributed by atoms with E-state index in [0.29, 0.717) is 5.92 Å². The van der Waals surface area contributed by atoms with E-state index in [1.807, 2.05) is 24.4 Å². The normalized spacial score (nSPS) is 17.5. The number of nitrogens with zero attached hydrogens (tertiary/aromatic N) is 1. The molecule has 0 atom stereocenters. The van der Waals surface area contributed by atoms with Crippen molar-refractivity contribution in [1.82, 2.24) is 4.98 Å². The van der Waals surface area contributed by atoms with Crippen LogP contribution in [0.25, 0.3) is 10.8 Å². The molecule has 1 heterocycles. The number of fused-ring (bicyclic) bond motifs is 1. The molecule has 1 nitrogen and oxygen atoms in total. The van der Waals surface area contributed by atoms with Gasteiger partial charge in [-0.25, -0.2) is 0 Å². The predicted octanol–water partition coefficient (Wildman–Crippen LogP) is 4.94. The second kappa shape index (κ2) is 4.66. The van der Waals surface area contributed by atoms with E-state index in [9.17, 15) is 0 Å². The third kappa shape index (κ3) is 2.04. The average molecular weight is 246 g/mol. The summed E-state index contributed by atoms with van der Waals surface area (Å²) in [6.45, 7) is 0. The van der Waals surface area contributed by atoms with E-state index in [-0.39, 0.29) is 0 Å².